The summed E-state index contributed by atoms with van der Waals surface area (Å²) in [6.45, 7) is 5.20. The fraction of sp³-hybridized carbons (Fsp3) is 0.556. The molecule has 2 aliphatic rings. The lowest BCUT2D eigenvalue weighted by atomic mass is 10.1. The van der Waals surface area contributed by atoms with Crippen LogP contribution in [0.2, 0.25) is 0 Å². The highest BCUT2D eigenvalue weighted by molar-refractivity contribution is 7.14. The average Bonchev–Trinajstić information content (AvgIpc) is 3.42. The van der Waals surface area contributed by atoms with Gasteiger partial charge in [-0.25, -0.2) is 0 Å². The van der Waals surface area contributed by atoms with Crippen molar-refractivity contribution in [1.29, 1.82) is 0 Å². The van der Waals surface area contributed by atoms with E-state index in [2.05, 4.69) is 28.7 Å². The van der Waals surface area contributed by atoms with E-state index in [1.807, 2.05) is 20.2 Å². The van der Waals surface area contributed by atoms with Gasteiger partial charge in [0.1, 0.15) is 0 Å². The summed E-state index contributed by atoms with van der Waals surface area (Å²) in [6, 6.07) is 2.69. The van der Waals surface area contributed by atoms with Crippen LogP contribution in [-0.4, -0.2) is 28.3 Å². The topological polar surface area (TPSA) is 59.0 Å². The minimum Gasteiger partial charge on any atom is -0.318 e. The van der Waals surface area contributed by atoms with Crippen LogP contribution in [0.5, 0.6) is 0 Å². The van der Waals surface area contributed by atoms with Crippen LogP contribution >= 0.6 is 11.3 Å². The second-order valence-corrected chi connectivity index (χ2v) is 8.43. The maximum absolute atomic E-state index is 12.5. The van der Waals surface area contributed by atoms with Gasteiger partial charge in [0.25, 0.3) is 5.91 Å². The fourth-order valence-electron chi connectivity index (χ4n) is 3.29. The van der Waals surface area contributed by atoms with E-state index in [0.717, 1.165) is 28.7 Å². The number of rotatable bonds is 6. The third-order valence-corrected chi connectivity index (χ3v) is 6.06. The van der Waals surface area contributed by atoms with Crippen molar-refractivity contribution in [3.8, 4) is 0 Å². The highest BCUT2D eigenvalue weighted by Crippen LogP contribution is 2.45. The van der Waals surface area contributed by atoms with Crippen LogP contribution in [0.15, 0.2) is 12.3 Å². The summed E-state index contributed by atoms with van der Waals surface area (Å²) in [4.78, 5) is 14.6. The smallest absolute Gasteiger partial charge is 0.265 e. The van der Waals surface area contributed by atoms with Gasteiger partial charge in [-0.3, -0.25) is 9.48 Å². The molecule has 2 fully saturated rings. The Morgan fingerprint density at radius 1 is 1.42 bits per heavy atom. The molecule has 0 bridgehead atoms. The molecule has 2 heterocycles. The molecule has 2 aromatic rings. The van der Waals surface area contributed by atoms with E-state index < -0.39 is 0 Å². The van der Waals surface area contributed by atoms with Gasteiger partial charge in [-0.15, -0.1) is 11.3 Å². The van der Waals surface area contributed by atoms with Crippen molar-refractivity contribution in [3.05, 3.63) is 33.3 Å². The number of amides is 1. The van der Waals surface area contributed by atoms with Gasteiger partial charge in [0, 0.05) is 30.1 Å². The van der Waals surface area contributed by atoms with Crippen LogP contribution in [0.3, 0.4) is 0 Å². The molecule has 0 aromatic carbocycles. The van der Waals surface area contributed by atoms with Crippen molar-refractivity contribution in [1.82, 2.24) is 15.1 Å². The van der Waals surface area contributed by atoms with Gasteiger partial charge in [0.05, 0.1) is 16.3 Å². The number of nitrogens with one attached hydrogen (secondary N) is 2. The summed E-state index contributed by atoms with van der Waals surface area (Å²) in [7, 11) is 1.86. The monoisotopic (exact) mass is 344 g/mol. The standard InChI is InChI=1S/C18H24N4OS/c1-10-16(9-22(3)21-10)20-18(23)17-7-13(11(2)24-17)14-6-15(14)19-8-12-4-5-12/h7,9,12,14-15,19H,4-6,8H2,1-3H3,(H,20,23). The van der Waals surface area contributed by atoms with Crippen molar-refractivity contribution in [2.75, 3.05) is 11.9 Å². The van der Waals surface area contributed by atoms with E-state index in [-0.39, 0.29) is 5.91 Å². The zero-order chi connectivity index (χ0) is 16.8. The highest BCUT2D eigenvalue weighted by Gasteiger charge is 2.40. The van der Waals surface area contributed by atoms with Crippen molar-refractivity contribution in [2.24, 2.45) is 13.0 Å². The van der Waals surface area contributed by atoms with Gasteiger partial charge >= 0.3 is 0 Å². The predicted octanol–water partition coefficient (Wildman–Crippen LogP) is 3.21. The van der Waals surface area contributed by atoms with Crippen LogP contribution in [0, 0.1) is 19.8 Å². The van der Waals surface area contributed by atoms with E-state index in [1.54, 1.807) is 16.0 Å². The van der Waals surface area contributed by atoms with E-state index in [1.165, 1.54) is 29.7 Å². The van der Waals surface area contributed by atoms with Crippen LogP contribution in [0.1, 0.15) is 51.0 Å². The van der Waals surface area contributed by atoms with Gasteiger partial charge in [-0.05, 0) is 57.2 Å². The Bertz CT molecular complexity index is 774. The van der Waals surface area contributed by atoms with Gasteiger partial charge < -0.3 is 10.6 Å². The summed E-state index contributed by atoms with van der Waals surface area (Å²) >= 11 is 1.59. The van der Waals surface area contributed by atoms with E-state index in [4.69, 9.17) is 0 Å². The van der Waals surface area contributed by atoms with E-state index >= 15 is 0 Å². The number of carbonyl (C=O) groups excluding carboxylic acids is 1. The minimum absolute atomic E-state index is 0.0337. The van der Waals surface area contributed by atoms with E-state index in [0.29, 0.717) is 12.0 Å². The van der Waals surface area contributed by atoms with Crippen molar-refractivity contribution >= 4 is 22.9 Å². The number of aromatic nitrogens is 2. The third kappa shape index (κ3) is 3.26. The molecule has 2 atom stereocenters. The van der Waals surface area contributed by atoms with Gasteiger partial charge in [0.2, 0.25) is 0 Å². The van der Waals surface area contributed by atoms with Gasteiger partial charge in [-0.1, -0.05) is 0 Å². The second kappa shape index (κ2) is 6.01. The molecule has 2 aliphatic carbocycles. The molecular formula is C18H24N4OS. The molecule has 24 heavy (non-hydrogen) atoms. The molecule has 1 amide bonds. The first-order chi connectivity index (χ1) is 11.5. The molecule has 0 aliphatic heterocycles. The summed E-state index contributed by atoms with van der Waals surface area (Å²) in [5.41, 5.74) is 2.97. The maximum atomic E-state index is 12.5. The lowest BCUT2D eigenvalue weighted by Gasteiger charge is -2.02. The molecule has 0 saturated heterocycles. The first kappa shape index (κ1) is 15.8. The summed E-state index contributed by atoms with van der Waals surface area (Å²) < 4.78 is 1.72. The Hall–Kier alpha value is -1.66. The SMILES string of the molecule is Cc1nn(C)cc1NC(=O)c1cc(C2CC2NCC2CC2)c(C)s1. The van der Waals surface area contributed by atoms with Crippen molar-refractivity contribution < 1.29 is 4.79 Å². The van der Waals surface area contributed by atoms with Crippen LogP contribution in [-0.2, 0) is 7.05 Å². The predicted molar refractivity (Wildman–Crippen MR) is 96.8 cm³/mol. The molecule has 128 valence electrons. The molecule has 2 saturated carbocycles. The van der Waals surface area contributed by atoms with E-state index in [9.17, 15) is 4.79 Å². The summed E-state index contributed by atoms with van der Waals surface area (Å²) in [5.74, 6) is 1.47. The lowest BCUT2D eigenvalue weighted by Crippen LogP contribution is -2.20. The van der Waals surface area contributed by atoms with Crippen molar-refractivity contribution in [3.63, 3.8) is 0 Å². The number of nitrogens with zero attached hydrogens (tertiary/aromatic N) is 2. The second-order valence-electron chi connectivity index (χ2n) is 7.18. The minimum atomic E-state index is -0.0337. The highest BCUT2D eigenvalue weighted by atomic mass is 32.1. The Kier molecular flexibility index (Phi) is 3.96. The van der Waals surface area contributed by atoms with Crippen LogP contribution in [0.25, 0.3) is 0 Å². The number of aryl methyl sites for hydroxylation is 3. The Balaban J connectivity index is 1.41. The average molecular weight is 344 g/mol. The van der Waals surface area contributed by atoms with Gasteiger partial charge in [-0.2, -0.15) is 5.10 Å². The Morgan fingerprint density at radius 2 is 2.21 bits per heavy atom. The number of carbonyl (C=O) groups is 1. The third-order valence-electron chi connectivity index (χ3n) is 5.00. The molecule has 2 aromatic heterocycles. The Morgan fingerprint density at radius 3 is 2.88 bits per heavy atom. The van der Waals surface area contributed by atoms with Gasteiger partial charge in [0.15, 0.2) is 0 Å². The van der Waals surface area contributed by atoms with Crippen molar-refractivity contribution in [2.45, 2.75) is 45.1 Å². The normalized spacial score (nSPS) is 22.6. The zero-order valence-corrected chi connectivity index (χ0v) is 15.2. The molecule has 4 rings (SSSR count). The molecular weight excluding hydrogens is 320 g/mol. The molecule has 6 heteroatoms. The van der Waals surface area contributed by atoms with Crippen LogP contribution < -0.4 is 10.6 Å². The number of anilines is 1. The number of thiophene rings is 1. The largest absolute Gasteiger partial charge is 0.318 e. The quantitative estimate of drug-likeness (QED) is 0.846. The number of hydrogen-bond donors (Lipinski definition) is 2. The summed E-state index contributed by atoms with van der Waals surface area (Å²) in [6.07, 6.45) is 5.82. The zero-order valence-electron chi connectivity index (χ0n) is 14.4. The lowest BCUT2D eigenvalue weighted by molar-refractivity contribution is 0.103. The number of hydrogen-bond acceptors (Lipinski definition) is 4. The maximum Gasteiger partial charge on any atom is 0.265 e. The molecule has 2 unspecified atom stereocenters. The Labute approximate surface area is 146 Å². The fourth-order valence-corrected chi connectivity index (χ4v) is 4.27. The van der Waals surface area contributed by atoms with Crippen LogP contribution in [0.4, 0.5) is 5.69 Å². The summed E-state index contributed by atoms with van der Waals surface area (Å²) in [5, 5.41) is 10.9. The first-order valence-corrected chi connectivity index (χ1v) is 9.48. The molecule has 5 nitrogen and oxygen atoms in total. The molecule has 0 spiro atoms. The first-order valence-electron chi connectivity index (χ1n) is 8.66. The molecule has 0 radical (unpaired) electrons. The molecule has 2 N–H and O–H groups in total.